The SMILES string of the molecule is O=C1OC(c2ccccc2Br)=N/C1=C\c1ccc(N2CCOCC2)s1. The molecule has 5 nitrogen and oxygen atoms in total. The van der Waals surface area contributed by atoms with Gasteiger partial charge in [-0.1, -0.05) is 12.1 Å². The first-order valence-electron chi connectivity index (χ1n) is 7.91. The molecule has 0 aliphatic carbocycles. The highest BCUT2D eigenvalue weighted by atomic mass is 79.9. The van der Waals surface area contributed by atoms with Gasteiger partial charge in [0, 0.05) is 22.4 Å². The van der Waals surface area contributed by atoms with Crippen molar-refractivity contribution in [2.24, 2.45) is 4.99 Å². The Balaban J connectivity index is 1.58. The third-order valence-corrected chi connectivity index (χ3v) is 5.72. The number of esters is 1. The normalized spacial score (nSPS) is 19.2. The molecule has 0 radical (unpaired) electrons. The molecular formula is C18H15BrN2O3S. The van der Waals surface area contributed by atoms with Crippen LogP contribution in [-0.2, 0) is 14.3 Å². The van der Waals surface area contributed by atoms with Gasteiger partial charge in [-0.05, 0) is 46.3 Å². The molecule has 2 aromatic rings. The number of carbonyl (C=O) groups excluding carboxylic acids is 1. The van der Waals surface area contributed by atoms with Gasteiger partial charge < -0.3 is 14.4 Å². The lowest BCUT2D eigenvalue weighted by Crippen LogP contribution is -2.35. The van der Waals surface area contributed by atoms with Gasteiger partial charge in [0.05, 0.1) is 23.8 Å². The van der Waals surface area contributed by atoms with E-state index in [1.807, 2.05) is 30.3 Å². The van der Waals surface area contributed by atoms with Gasteiger partial charge in [0.2, 0.25) is 5.90 Å². The summed E-state index contributed by atoms with van der Waals surface area (Å²) in [5, 5.41) is 1.18. The van der Waals surface area contributed by atoms with Gasteiger partial charge in [-0.25, -0.2) is 9.79 Å². The van der Waals surface area contributed by atoms with Crippen LogP contribution in [0.5, 0.6) is 0 Å². The number of rotatable bonds is 3. The maximum Gasteiger partial charge on any atom is 0.363 e. The Hall–Kier alpha value is -1.96. The Bertz CT molecular complexity index is 869. The third kappa shape index (κ3) is 3.53. The van der Waals surface area contributed by atoms with Crippen molar-refractivity contribution in [2.45, 2.75) is 0 Å². The maximum absolute atomic E-state index is 12.1. The molecule has 25 heavy (non-hydrogen) atoms. The number of ether oxygens (including phenoxy) is 2. The van der Waals surface area contributed by atoms with Crippen LogP contribution in [0.1, 0.15) is 10.4 Å². The summed E-state index contributed by atoms with van der Waals surface area (Å²) in [6.45, 7) is 3.28. The van der Waals surface area contributed by atoms with Crippen molar-refractivity contribution in [3.8, 4) is 0 Å². The molecular weight excluding hydrogens is 404 g/mol. The Morgan fingerprint density at radius 3 is 2.76 bits per heavy atom. The van der Waals surface area contributed by atoms with E-state index in [0.717, 1.165) is 41.2 Å². The minimum atomic E-state index is -0.424. The van der Waals surface area contributed by atoms with Crippen LogP contribution < -0.4 is 4.90 Å². The van der Waals surface area contributed by atoms with Gasteiger partial charge in [-0.2, -0.15) is 0 Å². The predicted octanol–water partition coefficient (Wildman–Crippen LogP) is 3.69. The lowest BCUT2D eigenvalue weighted by atomic mass is 10.2. The molecule has 128 valence electrons. The molecule has 0 spiro atoms. The largest absolute Gasteiger partial charge is 0.402 e. The summed E-state index contributed by atoms with van der Waals surface area (Å²) < 4.78 is 11.5. The van der Waals surface area contributed by atoms with Crippen molar-refractivity contribution in [3.05, 3.63) is 57.0 Å². The molecule has 2 aliphatic rings. The van der Waals surface area contributed by atoms with Gasteiger partial charge in [0.15, 0.2) is 5.70 Å². The van der Waals surface area contributed by atoms with Gasteiger partial charge in [0.25, 0.3) is 0 Å². The van der Waals surface area contributed by atoms with E-state index in [0.29, 0.717) is 11.6 Å². The van der Waals surface area contributed by atoms with Crippen LogP contribution in [0.2, 0.25) is 0 Å². The molecule has 0 amide bonds. The molecule has 1 aromatic carbocycles. The van der Waals surface area contributed by atoms with Crippen molar-refractivity contribution < 1.29 is 14.3 Å². The first kappa shape index (κ1) is 16.5. The Morgan fingerprint density at radius 1 is 1.16 bits per heavy atom. The Kier molecular flexibility index (Phi) is 4.70. The molecule has 1 fully saturated rings. The van der Waals surface area contributed by atoms with Crippen molar-refractivity contribution >= 4 is 50.2 Å². The van der Waals surface area contributed by atoms with E-state index >= 15 is 0 Å². The van der Waals surface area contributed by atoms with Crippen LogP contribution in [0.15, 0.2) is 51.6 Å². The smallest absolute Gasteiger partial charge is 0.363 e. The van der Waals surface area contributed by atoms with Crippen LogP contribution in [0.25, 0.3) is 6.08 Å². The summed E-state index contributed by atoms with van der Waals surface area (Å²) >= 11 is 5.09. The van der Waals surface area contributed by atoms with Crippen molar-refractivity contribution in [3.63, 3.8) is 0 Å². The summed E-state index contributed by atoms with van der Waals surface area (Å²) in [5.41, 5.74) is 1.08. The molecule has 3 heterocycles. The molecule has 2 aliphatic heterocycles. The minimum Gasteiger partial charge on any atom is -0.402 e. The van der Waals surface area contributed by atoms with Crippen molar-refractivity contribution in [2.75, 3.05) is 31.2 Å². The second-order valence-electron chi connectivity index (χ2n) is 5.59. The number of hydrogen-bond donors (Lipinski definition) is 0. The van der Waals surface area contributed by atoms with Crippen LogP contribution in [-0.4, -0.2) is 38.2 Å². The fourth-order valence-electron chi connectivity index (χ4n) is 2.67. The van der Waals surface area contributed by atoms with E-state index in [1.54, 1.807) is 17.4 Å². The zero-order valence-corrected chi connectivity index (χ0v) is 15.7. The first-order chi connectivity index (χ1) is 12.2. The minimum absolute atomic E-state index is 0.320. The molecule has 0 N–H and O–H groups in total. The summed E-state index contributed by atoms with van der Waals surface area (Å²) in [5.74, 6) is -0.0965. The van der Waals surface area contributed by atoms with Gasteiger partial charge in [-0.15, -0.1) is 11.3 Å². The Labute approximate surface area is 157 Å². The summed E-state index contributed by atoms with van der Waals surface area (Å²) in [6.07, 6.45) is 1.78. The Morgan fingerprint density at radius 2 is 1.96 bits per heavy atom. The molecule has 0 saturated carbocycles. The zero-order chi connectivity index (χ0) is 17.2. The first-order valence-corrected chi connectivity index (χ1v) is 9.52. The number of morpholine rings is 1. The van der Waals surface area contributed by atoms with Crippen LogP contribution in [0.3, 0.4) is 0 Å². The van der Waals surface area contributed by atoms with Crippen LogP contribution in [0.4, 0.5) is 5.00 Å². The number of aliphatic imine (C=N–C) groups is 1. The number of benzene rings is 1. The molecule has 1 aromatic heterocycles. The quantitative estimate of drug-likeness (QED) is 0.563. The number of anilines is 1. The average molecular weight is 419 g/mol. The highest BCUT2D eigenvalue weighted by Crippen LogP contribution is 2.30. The number of hydrogen-bond acceptors (Lipinski definition) is 6. The van der Waals surface area contributed by atoms with E-state index in [-0.39, 0.29) is 0 Å². The summed E-state index contributed by atoms with van der Waals surface area (Å²) in [6, 6.07) is 11.6. The van der Waals surface area contributed by atoms with E-state index in [2.05, 4.69) is 31.9 Å². The standard InChI is InChI=1S/C18H15BrN2O3S/c19-14-4-2-1-3-13(14)17-20-15(18(22)24-17)11-12-5-6-16(25-12)21-7-9-23-10-8-21/h1-6,11H,7-10H2/b15-11-. The van der Waals surface area contributed by atoms with Gasteiger partial charge in [0.1, 0.15) is 0 Å². The average Bonchev–Trinajstić information content (AvgIpc) is 3.24. The van der Waals surface area contributed by atoms with E-state index < -0.39 is 5.97 Å². The highest BCUT2D eigenvalue weighted by Gasteiger charge is 2.25. The number of cyclic esters (lactones) is 1. The van der Waals surface area contributed by atoms with Crippen LogP contribution >= 0.6 is 27.3 Å². The lowest BCUT2D eigenvalue weighted by molar-refractivity contribution is -0.129. The molecule has 1 saturated heterocycles. The predicted molar refractivity (Wildman–Crippen MR) is 102 cm³/mol. The monoisotopic (exact) mass is 418 g/mol. The summed E-state index contributed by atoms with van der Waals surface area (Å²) in [4.78, 5) is 19.8. The fraction of sp³-hybridized carbons (Fsp3) is 0.222. The van der Waals surface area contributed by atoms with Crippen molar-refractivity contribution in [1.29, 1.82) is 0 Å². The third-order valence-electron chi connectivity index (χ3n) is 3.94. The molecule has 4 rings (SSSR count). The molecule has 7 heteroatoms. The highest BCUT2D eigenvalue weighted by molar-refractivity contribution is 9.10. The summed E-state index contributed by atoms with van der Waals surface area (Å²) in [7, 11) is 0. The second kappa shape index (κ2) is 7.11. The molecule has 0 unspecified atom stereocenters. The number of thiophene rings is 1. The lowest BCUT2D eigenvalue weighted by Gasteiger charge is -2.27. The van der Waals surface area contributed by atoms with E-state index in [4.69, 9.17) is 9.47 Å². The van der Waals surface area contributed by atoms with Crippen molar-refractivity contribution in [1.82, 2.24) is 0 Å². The molecule has 0 bridgehead atoms. The van der Waals surface area contributed by atoms with Gasteiger partial charge >= 0.3 is 5.97 Å². The zero-order valence-electron chi connectivity index (χ0n) is 13.3. The number of carbonyl (C=O) groups is 1. The second-order valence-corrected chi connectivity index (χ2v) is 7.54. The number of nitrogens with zero attached hydrogens (tertiary/aromatic N) is 2. The van der Waals surface area contributed by atoms with E-state index in [9.17, 15) is 4.79 Å². The molecule has 0 atom stereocenters. The number of halogens is 1. The maximum atomic E-state index is 12.1. The van der Waals surface area contributed by atoms with Crippen LogP contribution in [0, 0.1) is 0 Å². The topological polar surface area (TPSA) is 51.1 Å². The fourth-order valence-corrected chi connectivity index (χ4v) is 4.12. The van der Waals surface area contributed by atoms with Gasteiger partial charge in [-0.3, -0.25) is 0 Å². The van der Waals surface area contributed by atoms with E-state index in [1.165, 1.54) is 5.00 Å².